The summed E-state index contributed by atoms with van der Waals surface area (Å²) in [5, 5.41) is 0. The first-order valence-corrected chi connectivity index (χ1v) is 0. The van der Waals surface area contributed by atoms with Gasteiger partial charge in [-0.3, -0.25) is 0 Å². The van der Waals surface area contributed by atoms with Crippen LogP contribution in [-0.2, 0) is 33.8 Å². The molecule has 0 atom stereocenters. The van der Waals surface area contributed by atoms with E-state index in [-0.39, 0.29) is 97.7 Å². The largest absolute Gasteiger partial charge is 0 e. The van der Waals surface area contributed by atoms with Crippen molar-refractivity contribution in [3.05, 3.63) is 0 Å². The van der Waals surface area contributed by atoms with Gasteiger partial charge < -0.3 is 0 Å². The van der Waals surface area contributed by atoms with E-state index in [2.05, 4.69) is 0 Å². The van der Waals surface area contributed by atoms with E-state index in [1.165, 1.54) is 0 Å². The summed E-state index contributed by atoms with van der Waals surface area (Å²) in [4.78, 5) is 0. The quantitative estimate of drug-likeness (QED) is 0.495. The van der Waals surface area contributed by atoms with Crippen LogP contribution in [0.4, 0.5) is 0 Å². The van der Waals surface area contributed by atoms with E-state index in [0.29, 0.717) is 0 Å². The summed E-state index contributed by atoms with van der Waals surface area (Å²) in [5.74, 6) is 0. The molecule has 0 fully saturated rings. The minimum absolute atomic E-state index is 0. The molecule has 0 rings (SSSR count). The molecule has 0 spiro atoms. The van der Waals surface area contributed by atoms with E-state index >= 15 is 0 Å². The molecule has 0 nitrogen and oxygen atoms in total. The Morgan fingerprint density at radius 2 is 1.00 bits per heavy atom. The van der Waals surface area contributed by atoms with Gasteiger partial charge in [0, 0.05) is 97.7 Å². The summed E-state index contributed by atoms with van der Waals surface area (Å²) in [6.07, 6.45) is 0. The van der Waals surface area contributed by atoms with Crippen molar-refractivity contribution in [2.75, 3.05) is 0 Å². The Labute approximate surface area is 95.5 Å². The van der Waals surface area contributed by atoms with Gasteiger partial charge in [0.05, 0.1) is 0 Å². The summed E-state index contributed by atoms with van der Waals surface area (Å²) in [7, 11) is 0. The molecule has 0 saturated carbocycles. The van der Waals surface area contributed by atoms with Crippen molar-refractivity contribution in [2.45, 2.75) is 0 Å². The van der Waals surface area contributed by atoms with E-state index in [1.54, 1.807) is 0 Å². The van der Waals surface area contributed by atoms with Crippen LogP contribution < -0.4 is 0 Å². The monoisotopic (exact) mass is 393 g/mol. The van der Waals surface area contributed by atoms with Crippen molar-refractivity contribution in [2.24, 2.45) is 0 Å². The van der Waals surface area contributed by atoms with E-state index in [0.717, 1.165) is 0 Å². The van der Waals surface area contributed by atoms with Gasteiger partial charge >= 0.3 is 0 Å². The molecule has 0 saturated heterocycles. The molecule has 4 heavy (non-hydrogen) atoms. The van der Waals surface area contributed by atoms with E-state index in [9.17, 15) is 0 Å². The maximum atomic E-state index is 0. The van der Waals surface area contributed by atoms with E-state index < -0.39 is 0 Å². The predicted molar refractivity (Wildman–Crippen MR) is 5.75 cm³/mol. The van der Waals surface area contributed by atoms with E-state index in [1.807, 2.05) is 0 Å². The van der Waals surface area contributed by atoms with Crippen LogP contribution >= 0.6 is 0 Å². The van der Waals surface area contributed by atoms with E-state index in [4.69, 9.17) is 0 Å². The first-order chi connectivity index (χ1) is 0. The van der Waals surface area contributed by atoms with Crippen LogP contribution in [0.2, 0.25) is 0 Å². The third kappa shape index (κ3) is 8.94. The topological polar surface area (TPSA) is 0 Å². The van der Waals surface area contributed by atoms with Crippen molar-refractivity contribution in [1.29, 1.82) is 0 Å². The second-order valence-corrected chi connectivity index (χ2v) is 0. The Balaban J connectivity index is 0. The normalized spacial score (nSPS) is 0. The second-order valence-electron chi connectivity index (χ2n) is 0. The van der Waals surface area contributed by atoms with Crippen molar-refractivity contribution < 1.29 is 73.8 Å². The maximum Gasteiger partial charge on any atom is 0 e. The average Bonchev–Trinajstić information content (AvgIpc) is 0. The van der Waals surface area contributed by atoms with Gasteiger partial charge in [0.1, 0.15) is 0 Å². The molecule has 0 aromatic carbocycles. The molecule has 0 aromatic heterocycles. The van der Waals surface area contributed by atoms with Crippen molar-refractivity contribution in [3.63, 3.8) is 0 Å². The second kappa shape index (κ2) is 16.4. The molecule has 0 aliphatic rings. The van der Waals surface area contributed by atoms with Crippen LogP contribution in [0.25, 0.3) is 0 Å². The van der Waals surface area contributed by atoms with Crippen LogP contribution in [0.5, 0.6) is 0 Å². The SMILES string of the molecule is [Co].[Fe].[Gd].[Sn]. The molecule has 0 aromatic rings. The molecular formula is CoFeGdSn. The van der Waals surface area contributed by atoms with Crippen LogP contribution in [0, 0.1) is 39.9 Å². The summed E-state index contributed by atoms with van der Waals surface area (Å²) in [5.41, 5.74) is 0. The number of rotatable bonds is 0. The zero-order chi connectivity index (χ0) is 0. The molecule has 0 N–H and O–H groups in total. The van der Waals surface area contributed by atoms with Gasteiger partial charge in [0.15, 0.2) is 0 Å². The fourth-order valence-corrected chi connectivity index (χ4v) is 0. The fourth-order valence-electron chi connectivity index (χ4n) is 0. The summed E-state index contributed by atoms with van der Waals surface area (Å²) in [6.45, 7) is 0. The summed E-state index contributed by atoms with van der Waals surface area (Å²) >= 11 is 0. The predicted octanol–water partition coefficient (Wildman–Crippen LogP) is -0.386. The number of hydrogen-bond donors (Lipinski definition) is 0. The first kappa shape index (κ1) is 27.3. The van der Waals surface area contributed by atoms with Crippen LogP contribution in [0.15, 0.2) is 0 Å². The molecule has 0 amide bonds. The Bertz CT molecular complexity index is 8.00. The molecule has 5 radical (unpaired) electrons. The third-order valence-electron chi connectivity index (χ3n) is 0. The standard InChI is InChI=1S/Co.Fe.Gd.Sn. The van der Waals surface area contributed by atoms with Gasteiger partial charge in [-0.25, -0.2) is 0 Å². The average molecular weight is 391 g/mol. The van der Waals surface area contributed by atoms with Crippen molar-refractivity contribution in [1.82, 2.24) is 0 Å². The van der Waals surface area contributed by atoms with Gasteiger partial charge in [0.2, 0.25) is 0 Å². The Kier molecular flexibility index (Phi) is 112. The zero-order valence-corrected chi connectivity index (χ0v) is 8.81. The molecule has 4 heteroatoms. The molecule has 0 aliphatic heterocycles. The van der Waals surface area contributed by atoms with Gasteiger partial charge in [-0.05, 0) is 0 Å². The van der Waals surface area contributed by atoms with Crippen LogP contribution in [0.1, 0.15) is 0 Å². The molecule has 0 bridgehead atoms. The fraction of sp³-hybridized carbons (Fsp3) is 0. The Morgan fingerprint density at radius 3 is 1.00 bits per heavy atom. The first-order valence-electron chi connectivity index (χ1n) is 0. The minimum Gasteiger partial charge on any atom is 0 e. The molecular weight excluding hydrogens is 391 g/mol. The van der Waals surface area contributed by atoms with Gasteiger partial charge in [-0.1, -0.05) is 0 Å². The van der Waals surface area contributed by atoms with Gasteiger partial charge in [0.25, 0.3) is 0 Å². The molecule has 0 heterocycles. The van der Waals surface area contributed by atoms with Crippen LogP contribution in [-0.4, -0.2) is 23.9 Å². The third-order valence-corrected chi connectivity index (χ3v) is 0. The van der Waals surface area contributed by atoms with Crippen LogP contribution in [0.3, 0.4) is 0 Å². The Morgan fingerprint density at radius 1 is 1.00 bits per heavy atom. The van der Waals surface area contributed by atoms with Gasteiger partial charge in [-0.2, -0.15) is 0 Å². The van der Waals surface area contributed by atoms with Crippen molar-refractivity contribution >= 4 is 23.9 Å². The summed E-state index contributed by atoms with van der Waals surface area (Å²) < 4.78 is 0. The Hall–Kier alpha value is 3.15. The minimum atomic E-state index is 0. The van der Waals surface area contributed by atoms with Crippen molar-refractivity contribution in [3.8, 4) is 0 Å². The smallest absolute Gasteiger partial charge is 0 e. The molecule has 0 unspecified atom stereocenters. The molecule has 0 aliphatic carbocycles. The molecule has 29 valence electrons. The van der Waals surface area contributed by atoms with Gasteiger partial charge in [-0.15, -0.1) is 0 Å². The summed E-state index contributed by atoms with van der Waals surface area (Å²) in [6, 6.07) is 0. The number of hydrogen-bond acceptors (Lipinski definition) is 0. The zero-order valence-electron chi connectivity index (χ0n) is 1.54. The maximum absolute atomic E-state index is 0.